The molecule has 1 aromatic heterocycles. The fourth-order valence-corrected chi connectivity index (χ4v) is 4.13. The van der Waals surface area contributed by atoms with Crippen molar-refractivity contribution in [2.75, 3.05) is 4.72 Å². The van der Waals surface area contributed by atoms with Gasteiger partial charge in [-0.05, 0) is 25.7 Å². The second kappa shape index (κ2) is 4.79. The Balaban J connectivity index is 2.15. The molecule has 0 bridgehead atoms. The predicted octanol–water partition coefficient (Wildman–Crippen LogP) is 2.05. The number of hydrogen-bond acceptors (Lipinski definition) is 5. The van der Waals surface area contributed by atoms with E-state index in [0.29, 0.717) is 23.7 Å². The third kappa shape index (κ3) is 2.67. The first-order valence-corrected chi connectivity index (χ1v) is 8.54. The minimum absolute atomic E-state index is 0.263. The molecule has 1 aliphatic carbocycles. The minimum Gasteiger partial charge on any atom is -0.384 e. The van der Waals surface area contributed by atoms with Crippen LogP contribution in [0, 0.1) is 0 Å². The zero-order valence-electron chi connectivity index (χ0n) is 10.5. The van der Waals surface area contributed by atoms with Crippen LogP contribution < -0.4 is 4.72 Å². The lowest BCUT2D eigenvalue weighted by molar-refractivity contribution is 0.0247. The van der Waals surface area contributed by atoms with E-state index in [4.69, 9.17) is 0 Å². The summed E-state index contributed by atoms with van der Waals surface area (Å²) in [6, 6.07) is 0. The number of hydrogen-bond donors (Lipinski definition) is 2. The van der Waals surface area contributed by atoms with Gasteiger partial charge in [0, 0.05) is 5.38 Å². The Morgan fingerprint density at radius 1 is 1.50 bits per heavy atom. The molecule has 1 saturated carbocycles. The SMILES string of the molecule is CCC(O)(CC)c1csc(NS(=O)(=O)C2CC2)n1. The first kappa shape index (κ1) is 13.8. The molecular weight excluding hydrogens is 272 g/mol. The first-order chi connectivity index (χ1) is 8.41. The number of nitrogens with one attached hydrogen (secondary N) is 1. The Bertz CT molecular complexity index is 516. The average Bonchev–Trinajstić information content (AvgIpc) is 3.11. The average molecular weight is 290 g/mol. The molecule has 0 atom stereocenters. The van der Waals surface area contributed by atoms with Gasteiger partial charge in [0.15, 0.2) is 5.13 Å². The molecule has 1 fully saturated rings. The summed E-state index contributed by atoms with van der Waals surface area (Å²) in [4.78, 5) is 4.20. The summed E-state index contributed by atoms with van der Waals surface area (Å²) in [5.41, 5.74) is -0.411. The summed E-state index contributed by atoms with van der Waals surface area (Å²) in [7, 11) is -3.27. The van der Waals surface area contributed by atoms with Gasteiger partial charge in [0.2, 0.25) is 10.0 Å². The fourth-order valence-electron chi connectivity index (χ4n) is 1.73. The van der Waals surface area contributed by atoms with E-state index in [1.807, 2.05) is 13.8 Å². The molecule has 0 aromatic carbocycles. The van der Waals surface area contributed by atoms with E-state index in [1.165, 1.54) is 11.3 Å². The van der Waals surface area contributed by atoms with Gasteiger partial charge in [0.1, 0.15) is 5.60 Å². The van der Waals surface area contributed by atoms with Gasteiger partial charge in [-0.1, -0.05) is 13.8 Å². The highest BCUT2D eigenvalue weighted by Crippen LogP contribution is 2.33. The van der Waals surface area contributed by atoms with Crippen molar-refractivity contribution in [3.8, 4) is 0 Å². The Labute approximate surface area is 111 Å². The number of rotatable bonds is 6. The normalized spacial score (nSPS) is 16.8. The molecule has 7 heteroatoms. The molecular formula is C11H18N2O3S2. The number of sulfonamides is 1. The molecule has 5 nitrogen and oxygen atoms in total. The summed E-state index contributed by atoms with van der Waals surface area (Å²) >= 11 is 1.22. The van der Waals surface area contributed by atoms with E-state index in [2.05, 4.69) is 9.71 Å². The minimum atomic E-state index is -3.27. The quantitative estimate of drug-likeness (QED) is 0.840. The lowest BCUT2D eigenvalue weighted by Gasteiger charge is -2.22. The van der Waals surface area contributed by atoms with Gasteiger partial charge in [-0.25, -0.2) is 13.4 Å². The van der Waals surface area contributed by atoms with Crippen LogP contribution in [0.1, 0.15) is 45.2 Å². The van der Waals surface area contributed by atoms with E-state index in [9.17, 15) is 13.5 Å². The number of aliphatic hydroxyl groups is 1. The third-order valence-electron chi connectivity index (χ3n) is 3.34. The topological polar surface area (TPSA) is 79.3 Å². The van der Waals surface area contributed by atoms with Crippen LogP contribution in [-0.4, -0.2) is 23.8 Å². The van der Waals surface area contributed by atoms with Crippen molar-refractivity contribution in [3.05, 3.63) is 11.1 Å². The molecule has 1 aromatic rings. The summed E-state index contributed by atoms with van der Waals surface area (Å²) in [5.74, 6) is 0. The van der Waals surface area contributed by atoms with Crippen molar-refractivity contribution in [2.45, 2.75) is 50.4 Å². The summed E-state index contributed by atoms with van der Waals surface area (Å²) < 4.78 is 26.0. The van der Waals surface area contributed by atoms with Crippen molar-refractivity contribution in [2.24, 2.45) is 0 Å². The maximum Gasteiger partial charge on any atom is 0.237 e. The molecule has 0 radical (unpaired) electrons. The van der Waals surface area contributed by atoms with Crippen molar-refractivity contribution >= 4 is 26.5 Å². The van der Waals surface area contributed by atoms with Crippen LogP contribution in [0.2, 0.25) is 0 Å². The molecule has 2 N–H and O–H groups in total. The second-order valence-corrected chi connectivity index (χ2v) is 7.44. The van der Waals surface area contributed by atoms with Crippen molar-refractivity contribution < 1.29 is 13.5 Å². The Hall–Kier alpha value is -0.660. The van der Waals surface area contributed by atoms with Gasteiger partial charge in [-0.15, -0.1) is 11.3 Å². The van der Waals surface area contributed by atoms with Crippen LogP contribution in [0.25, 0.3) is 0 Å². The van der Waals surface area contributed by atoms with Gasteiger partial charge in [0.25, 0.3) is 0 Å². The molecule has 1 aliphatic rings. The van der Waals surface area contributed by atoms with E-state index in [-0.39, 0.29) is 5.25 Å². The van der Waals surface area contributed by atoms with Gasteiger partial charge in [-0.3, -0.25) is 4.72 Å². The van der Waals surface area contributed by atoms with Gasteiger partial charge in [-0.2, -0.15) is 0 Å². The zero-order chi connectivity index (χ0) is 13.4. The van der Waals surface area contributed by atoms with Crippen LogP contribution in [0.4, 0.5) is 5.13 Å². The molecule has 0 saturated heterocycles. The van der Waals surface area contributed by atoms with E-state index in [1.54, 1.807) is 5.38 Å². The monoisotopic (exact) mass is 290 g/mol. The molecule has 2 rings (SSSR count). The highest BCUT2D eigenvalue weighted by atomic mass is 32.2. The predicted molar refractivity (Wildman–Crippen MR) is 72.2 cm³/mol. The number of aromatic nitrogens is 1. The maximum absolute atomic E-state index is 11.8. The maximum atomic E-state index is 11.8. The van der Waals surface area contributed by atoms with Crippen molar-refractivity contribution in [1.82, 2.24) is 4.98 Å². The Kier molecular flexibility index (Phi) is 3.66. The highest BCUT2D eigenvalue weighted by molar-refractivity contribution is 7.93. The van der Waals surface area contributed by atoms with E-state index >= 15 is 0 Å². The number of nitrogens with zero attached hydrogens (tertiary/aromatic N) is 1. The molecule has 0 aliphatic heterocycles. The van der Waals surface area contributed by atoms with Crippen LogP contribution in [0.3, 0.4) is 0 Å². The van der Waals surface area contributed by atoms with Crippen molar-refractivity contribution in [1.29, 1.82) is 0 Å². The molecule has 0 spiro atoms. The van der Waals surface area contributed by atoms with Gasteiger partial charge < -0.3 is 5.11 Å². The lowest BCUT2D eigenvalue weighted by atomic mass is 9.94. The summed E-state index contributed by atoms with van der Waals surface area (Å²) in [6.07, 6.45) is 2.56. The van der Waals surface area contributed by atoms with E-state index < -0.39 is 15.6 Å². The Morgan fingerprint density at radius 2 is 2.11 bits per heavy atom. The largest absolute Gasteiger partial charge is 0.384 e. The first-order valence-electron chi connectivity index (χ1n) is 6.11. The Morgan fingerprint density at radius 3 is 2.61 bits per heavy atom. The third-order valence-corrected chi connectivity index (χ3v) is 6.06. The molecule has 1 heterocycles. The van der Waals surface area contributed by atoms with Crippen LogP contribution in [-0.2, 0) is 15.6 Å². The second-order valence-electron chi connectivity index (χ2n) is 4.62. The fraction of sp³-hybridized carbons (Fsp3) is 0.727. The van der Waals surface area contributed by atoms with Crippen LogP contribution in [0.15, 0.2) is 5.38 Å². The van der Waals surface area contributed by atoms with Gasteiger partial charge in [0.05, 0.1) is 10.9 Å². The molecule has 18 heavy (non-hydrogen) atoms. The highest BCUT2D eigenvalue weighted by Gasteiger charge is 2.36. The standard InChI is InChI=1S/C11H18N2O3S2/c1-3-11(14,4-2)9-7-17-10(12-9)13-18(15,16)8-5-6-8/h7-8,14H,3-6H2,1-2H3,(H,12,13). The van der Waals surface area contributed by atoms with Crippen LogP contribution in [0.5, 0.6) is 0 Å². The van der Waals surface area contributed by atoms with Gasteiger partial charge >= 0.3 is 0 Å². The van der Waals surface area contributed by atoms with Crippen molar-refractivity contribution in [3.63, 3.8) is 0 Å². The summed E-state index contributed by atoms with van der Waals surface area (Å²) in [6.45, 7) is 3.77. The zero-order valence-corrected chi connectivity index (χ0v) is 12.1. The van der Waals surface area contributed by atoms with Crippen LogP contribution >= 0.6 is 11.3 Å². The molecule has 0 amide bonds. The van der Waals surface area contributed by atoms with E-state index in [0.717, 1.165) is 12.8 Å². The lowest BCUT2D eigenvalue weighted by Crippen LogP contribution is -2.24. The number of thiazole rings is 1. The molecule has 0 unspecified atom stereocenters. The number of anilines is 1. The smallest absolute Gasteiger partial charge is 0.237 e. The summed E-state index contributed by atoms with van der Waals surface area (Å²) in [5, 5.41) is 12.1. The molecule has 102 valence electrons.